The quantitative estimate of drug-likeness (QED) is 0.534. The number of hydrogen-bond donors (Lipinski definition) is 0. The Morgan fingerprint density at radius 1 is 1.00 bits per heavy atom. The molecule has 4 aliphatic rings. The Bertz CT molecular complexity index is 447. The van der Waals surface area contributed by atoms with Crippen molar-refractivity contribution in [1.29, 1.82) is 0 Å². The van der Waals surface area contributed by atoms with Crippen molar-refractivity contribution in [2.75, 3.05) is 0 Å². The second kappa shape index (κ2) is 3.73. The largest absolute Gasteiger partial charge is 0.0850 e. The second-order valence-electron chi connectivity index (χ2n) is 6.04. The summed E-state index contributed by atoms with van der Waals surface area (Å²) in [6.07, 6.45) is 21.2. The van der Waals surface area contributed by atoms with E-state index in [1.807, 2.05) is 0 Å². The van der Waals surface area contributed by atoms with Crippen molar-refractivity contribution < 1.29 is 0 Å². The Labute approximate surface area is 104 Å². The van der Waals surface area contributed by atoms with Crippen molar-refractivity contribution in [3.63, 3.8) is 0 Å². The molecule has 0 aromatic heterocycles. The van der Waals surface area contributed by atoms with E-state index in [-0.39, 0.29) is 0 Å². The summed E-state index contributed by atoms with van der Waals surface area (Å²) in [6, 6.07) is 0. The lowest BCUT2D eigenvalue weighted by Crippen LogP contribution is -2.36. The highest BCUT2D eigenvalue weighted by atomic mass is 14.5. The molecule has 1 fully saturated rings. The van der Waals surface area contributed by atoms with Crippen LogP contribution >= 0.6 is 0 Å². The first-order chi connectivity index (χ1) is 8.43. The normalized spacial score (nSPS) is 42.4. The van der Waals surface area contributed by atoms with Crippen LogP contribution in [0, 0.1) is 23.7 Å². The molecule has 0 unspecified atom stereocenters. The van der Waals surface area contributed by atoms with E-state index in [2.05, 4.69) is 36.5 Å². The van der Waals surface area contributed by atoms with Crippen LogP contribution in [0.25, 0.3) is 0 Å². The molecular formula is C17H20. The Morgan fingerprint density at radius 2 is 2.00 bits per heavy atom. The van der Waals surface area contributed by atoms with Crippen LogP contribution in [-0.2, 0) is 0 Å². The van der Waals surface area contributed by atoms with Crippen molar-refractivity contribution >= 4 is 0 Å². The molecule has 0 heteroatoms. The van der Waals surface area contributed by atoms with Crippen molar-refractivity contribution in [2.45, 2.75) is 32.1 Å². The third-order valence-corrected chi connectivity index (χ3v) is 5.38. The van der Waals surface area contributed by atoms with Gasteiger partial charge in [-0.15, -0.1) is 0 Å². The van der Waals surface area contributed by atoms with Crippen LogP contribution in [0.5, 0.6) is 0 Å². The predicted molar refractivity (Wildman–Crippen MR) is 71.5 cm³/mol. The number of allylic oxidation sites excluding steroid dienone is 8. The Balaban J connectivity index is 1.70. The van der Waals surface area contributed by atoms with E-state index < -0.39 is 0 Å². The zero-order valence-electron chi connectivity index (χ0n) is 10.3. The maximum absolute atomic E-state index is 2.54. The molecule has 88 valence electrons. The van der Waals surface area contributed by atoms with Gasteiger partial charge < -0.3 is 0 Å². The summed E-state index contributed by atoms with van der Waals surface area (Å²) in [7, 11) is 0. The molecule has 0 nitrogen and oxygen atoms in total. The molecule has 0 spiro atoms. The van der Waals surface area contributed by atoms with E-state index in [9.17, 15) is 0 Å². The van der Waals surface area contributed by atoms with Crippen molar-refractivity contribution in [1.82, 2.24) is 0 Å². The molecular weight excluding hydrogens is 204 g/mol. The summed E-state index contributed by atoms with van der Waals surface area (Å²) in [5.41, 5.74) is 3.40. The summed E-state index contributed by atoms with van der Waals surface area (Å²) in [4.78, 5) is 0. The van der Waals surface area contributed by atoms with E-state index in [1.165, 1.54) is 32.1 Å². The molecule has 4 aliphatic carbocycles. The summed E-state index contributed by atoms with van der Waals surface area (Å²) in [6.45, 7) is 0. The fourth-order valence-electron chi connectivity index (χ4n) is 4.63. The van der Waals surface area contributed by atoms with Gasteiger partial charge in [-0.25, -0.2) is 0 Å². The van der Waals surface area contributed by atoms with Crippen LogP contribution in [-0.4, -0.2) is 0 Å². The van der Waals surface area contributed by atoms with E-state index in [4.69, 9.17) is 0 Å². The van der Waals surface area contributed by atoms with Crippen molar-refractivity contribution in [2.24, 2.45) is 23.7 Å². The fraction of sp³-hybridized carbons (Fsp3) is 0.529. The smallest absolute Gasteiger partial charge is 0.00493 e. The van der Waals surface area contributed by atoms with Crippen LogP contribution < -0.4 is 0 Å². The lowest BCUT2D eigenvalue weighted by molar-refractivity contribution is 0.164. The van der Waals surface area contributed by atoms with Gasteiger partial charge in [-0.1, -0.05) is 42.0 Å². The molecule has 17 heavy (non-hydrogen) atoms. The van der Waals surface area contributed by atoms with Gasteiger partial charge in [-0.2, -0.15) is 0 Å². The van der Waals surface area contributed by atoms with Gasteiger partial charge in [0, 0.05) is 5.92 Å². The van der Waals surface area contributed by atoms with Crippen LogP contribution in [0.2, 0.25) is 0 Å². The van der Waals surface area contributed by atoms with Crippen molar-refractivity contribution in [3.8, 4) is 0 Å². The molecule has 0 aromatic rings. The number of fused-ring (bicyclic) bond motifs is 5. The van der Waals surface area contributed by atoms with Crippen LogP contribution in [0.15, 0.2) is 47.6 Å². The topological polar surface area (TPSA) is 0 Å². The SMILES string of the molecule is C1=CC2=CC[C@H]3[C@H](CCC4=CCC[C@H]43)[C@H]2C=C1. The Hall–Kier alpha value is -1.04. The first-order valence-corrected chi connectivity index (χ1v) is 7.17. The van der Waals surface area contributed by atoms with Gasteiger partial charge in [0.1, 0.15) is 0 Å². The third-order valence-electron chi connectivity index (χ3n) is 5.38. The highest BCUT2D eigenvalue weighted by Crippen LogP contribution is 2.52. The molecule has 4 atom stereocenters. The summed E-state index contributed by atoms with van der Waals surface area (Å²) in [5, 5.41) is 0. The van der Waals surface area contributed by atoms with Crippen LogP contribution in [0.1, 0.15) is 32.1 Å². The van der Waals surface area contributed by atoms with E-state index in [0.717, 1.165) is 23.7 Å². The number of hydrogen-bond acceptors (Lipinski definition) is 0. The van der Waals surface area contributed by atoms with Gasteiger partial charge in [0.05, 0.1) is 0 Å². The molecule has 0 N–H and O–H groups in total. The van der Waals surface area contributed by atoms with Gasteiger partial charge in [-0.05, 0) is 55.4 Å². The first-order valence-electron chi connectivity index (χ1n) is 7.17. The van der Waals surface area contributed by atoms with Gasteiger partial charge in [0.2, 0.25) is 0 Å². The van der Waals surface area contributed by atoms with Crippen LogP contribution in [0.3, 0.4) is 0 Å². The second-order valence-corrected chi connectivity index (χ2v) is 6.04. The third kappa shape index (κ3) is 1.43. The lowest BCUT2D eigenvalue weighted by Gasteiger charge is -2.44. The highest BCUT2D eigenvalue weighted by molar-refractivity contribution is 5.37. The Kier molecular flexibility index (Phi) is 2.18. The highest BCUT2D eigenvalue weighted by Gasteiger charge is 2.42. The average Bonchev–Trinajstić information content (AvgIpc) is 2.86. The zero-order valence-corrected chi connectivity index (χ0v) is 10.3. The molecule has 0 aliphatic heterocycles. The minimum Gasteiger partial charge on any atom is -0.0850 e. The van der Waals surface area contributed by atoms with E-state index >= 15 is 0 Å². The maximum atomic E-state index is 2.54. The molecule has 1 saturated carbocycles. The Morgan fingerprint density at radius 3 is 3.00 bits per heavy atom. The molecule has 0 saturated heterocycles. The summed E-state index contributed by atoms with van der Waals surface area (Å²) >= 11 is 0. The molecule has 0 amide bonds. The number of rotatable bonds is 0. The minimum absolute atomic E-state index is 0.737. The lowest BCUT2D eigenvalue weighted by atomic mass is 9.60. The fourth-order valence-corrected chi connectivity index (χ4v) is 4.63. The standard InChI is InChI=1S/C17H20/c1-2-6-14-12(4-1)8-10-17-15-7-3-5-13(15)9-11-16(14)17/h1-2,4-6,8,14-17H,3,7,9-11H2/t14-,15+,16+,17+/m0/s1. The summed E-state index contributed by atoms with van der Waals surface area (Å²) in [5.74, 6) is 3.55. The summed E-state index contributed by atoms with van der Waals surface area (Å²) < 4.78 is 0. The molecule has 0 heterocycles. The average molecular weight is 224 g/mol. The van der Waals surface area contributed by atoms with Gasteiger partial charge in [0.25, 0.3) is 0 Å². The van der Waals surface area contributed by atoms with Gasteiger partial charge >= 0.3 is 0 Å². The zero-order chi connectivity index (χ0) is 11.2. The maximum Gasteiger partial charge on any atom is 0.00493 e. The molecule has 0 bridgehead atoms. The van der Waals surface area contributed by atoms with Gasteiger partial charge in [-0.3, -0.25) is 0 Å². The van der Waals surface area contributed by atoms with E-state index in [0.29, 0.717) is 0 Å². The van der Waals surface area contributed by atoms with Gasteiger partial charge in [0.15, 0.2) is 0 Å². The van der Waals surface area contributed by atoms with Crippen molar-refractivity contribution in [3.05, 3.63) is 47.6 Å². The minimum atomic E-state index is 0.737. The predicted octanol–water partition coefficient (Wildman–Crippen LogP) is 4.42. The van der Waals surface area contributed by atoms with Crippen LogP contribution in [0.4, 0.5) is 0 Å². The molecule has 0 radical (unpaired) electrons. The van der Waals surface area contributed by atoms with E-state index in [1.54, 1.807) is 11.1 Å². The monoisotopic (exact) mass is 224 g/mol. The molecule has 0 aromatic carbocycles. The molecule has 4 rings (SSSR count). The first kappa shape index (κ1) is 9.94.